The number of carbonyl (C=O) groups excluding carboxylic acids is 1. The van der Waals surface area contributed by atoms with Crippen LogP contribution in [0.25, 0.3) is 0 Å². The molecular formula is C10H7ClFN3O. The zero-order valence-electron chi connectivity index (χ0n) is 8.08. The minimum Gasteiger partial charge on any atom is -0.292 e. The highest BCUT2D eigenvalue weighted by Gasteiger charge is 2.12. The molecule has 0 unspecified atom stereocenters. The number of rotatable bonds is 3. The Bertz CT molecular complexity index is 513. The first-order chi connectivity index (χ1) is 7.66. The van der Waals surface area contributed by atoms with Gasteiger partial charge >= 0.3 is 0 Å². The number of nitrogens with one attached hydrogen (secondary N) is 1. The van der Waals surface area contributed by atoms with Gasteiger partial charge in [-0.2, -0.15) is 15.4 Å². The van der Waals surface area contributed by atoms with E-state index in [4.69, 9.17) is 11.6 Å². The molecule has 0 radical (unpaired) electrons. The van der Waals surface area contributed by atoms with Crippen LogP contribution in [0.5, 0.6) is 0 Å². The number of Topliss-reactive ketones (excluding diaryl/α,β-unsaturated/α-hetero) is 1. The number of halogens is 2. The lowest BCUT2D eigenvalue weighted by atomic mass is 10.1. The van der Waals surface area contributed by atoms with Crippen molar-refractivity contribution in [1.29, 1.82) is 0 Å². The largest absolute Gasteiger partial charge is 0.292 e. The summed E-state index contributed by atoms with van der Waals surface area (Å²) in [6.45, 7) is 0. The average molecular weight is 240 g/mol. The van der Waals surface area contributed by atoms with Gasteiger partial charge in [0.1, 0.15) is 11.5 Å². The molecule has 1 aromatic carbocycles. The number of aromatic amines is 1. The molecule has 16 heavy (non-hydrogen) atoms. The normalized spacial score (nSPS) is 10.4. The molecule has 0 saturated heterocycles. The summed E-state index contributed by atoms with van der Waals surface area (Å²) in [4.78, 5) is 11.6. The Morgan fingerprint density at radius 3 is 3.00 bits per heavy atom. The highest BCUT2D eigenvalue weighted by molar-refractivity contribution is 6.31. The first kappa shape index (κ1) is 10.8. The van der Waals surface area contributed by atoms with Crippen molar-refractivity contribution in [2.45, 2.75) is 6.42 Å². The smallest absolute Gasteiger partial charge is 0.189 e. The van der Waals surface area contributed by atoms with Gasteiger partial charge in [0.2, 0.25) is 0 Å². The highest BCUT2D eigenvalue weighted by atomic mass is 35.5. The van der Waals surface area contributed by atoms with E-state index in [0.717, 1.165) is 0 Å². The monoisotopic (exact) mass is 239 g/mol. The number of nitrogens with zero attached hydrogens (tertiary/aromatic N) is 2. The molecule has 0 bridgehead atoms. The van der Waals surface area contributed by atoms with E-state index >= 15 is 0 Å². The van der Waals surface area contributed by atoms with Gasteiger partial charge < -0.3 is 0 Å². The predicted molar refractivity (Wildman–Crippen MR) is 55.8 cm³/mol. The molecule has 4 nitrogen and oxygen atoms in total. The van der Waals surface area contributed by atoms with E-state index in [1.165, 1.54) is 24.4 Å². The van der Waals surface area contributed by atoms with Crippen LogP contribution in [0.1, 0.15) is 16.1 Å². The van der Waals surface area contributed by atoms with Crippen LogP contribution >= 0.6 is 11.6 Å². The van der Waals surface area contributed by atoms with Crippen LogP contribution in [-0.4, -0.2) is 21.2 Å². The molecule has 0 spiro atoms. The van der Waals surface area contributed by atoms with Crippen molar-refractivity contribution in [1.82, 2.24) is 15.4 Å². The first-order valence-corrected chi connectivity index (χ1v) is 4.87. The van der Waals surface area contributed by atoms with Gasteiger partial charge in [-0.1, -0.05) is 11.6 Å². The van der Waals surface area contributed by atoms with Gasteiger partial charge in [0.15, 0.2) is 5.78 Å². The number of H-pyrrole nitrogens is 1. The molecular weight excluding hydrogens is 233 g/mol. The molecule has 1 heterocycles. The van der Waals surface area contributed by atoms with Crippen LogP contribution in [0.15, 0.2) is 24.4 Å². The maximum atomic E-state index is 12.9. The number of hydrogen-bond donors (Lipinski definition) is 1. The molecule has 1 N–H and O–H groups in total. The van der Waals surface area contributed by atoms with Crippen LogP contribution in [0.4, 0.5) is 4.39 Å². The summed E-state index contributed by atoms with van der Waals surface area (Å²) >= 11 is 5.84. The van der Waals surface area contributed by atoms with E-state index in [-0.39, 0.29) is 17.9 Å². The van der Waals surface area contributed by atoms with E-state index in [2.05, 4.69) is 15.4 Å². The summed E-state index contributed by atoms with van der Waals surface area (Å²) in [5.74, 6) is -0.686. The molecule has 0 saturated carbocycles. The minimum absolute atomic E-state index is 0.00310. The van der Waals surface area contributed by atoms with Crippen LogP contribution in [0.3, 0.4) is 0 Å². The summed E-state index contributed by atoms with van der Waals surface area (Å²) < 4.78 is 12.9. The second-order valence-electron chi connectivity index (χ2n) is 3.19. The molecule has 2 rings (SSSR count). The zero-order valence-corrected chi connectivity index (χ0v) is 8.83. The van der Waals surface area contributed by atoms with Crippen molar-refractivity contribution in [3.63, 3.8) is 0 Å². The molecule has 2 aromatic rings. The van der Waals surface area contributed by atoms with Crippen molar-refractivity contribution >= 4 is 17.4 Å². The number of aromatic nitrogens is 3. The Kier molecular flexibility index (Phi) is 2.96. The topological polar surface area (TPSA) is 58.6 Å². The summed E-state index contributed by atoms with van der Waals surface area (Å²) in [6, 6.07) is 3.90. The predicted octanol–water partition coefficient (Wildman–Crippen LogP) is 2.02. The Morgan fingerprint density at radius 1 is 1.50 bits per heavy atom. The summed E-state index contributed by atoms with van der Waals surface area (Å²) in [5.41, 5.74) is 0.648. The van der Waals surface area contributed by atoms with Gasteiger partial charge in [0.05, 0.1) is 6.20 Å². The molecule has 0 amide bonds. The highest BCUT2D eigenvalue weighted by Crippen LogP contribution is 2.18. The lowest BCUT2D eigenvalue weighted by Crippen LogP contribution is -2.05. The third-order valence-corrected chi connectivity index (χ3v) is 2.43. The Labute approximate surface area is 95.4 Å². The van der Waals surface area contributed by atoms with E-state index in [0.29, 0.717) is 10.6 Å². The minimum atomic E-state index is -0.424. The standard InChI is InChI=1S/C10H7ClFN3O/c11-8-2-1-7(12)3-6(8)4-10(16)9-5-13-15-14-9/h1-3,5H,4H2,(H,13,14,15). The van der Waals surface area contributed by atoms with Crippen LogP contribution < -0.4 is 0 Å². The molecule has 0 aliphatic heterocycles. The average Bonchev–Trinajstić information content (AvgIpc) is 2.76. The van der Waals surface area contributed by atoms with E-state index in [1.807, 2.05) is 0 Å². The molecule has 0 fully saturated rings. The summed E-state index contributed by atoms with van der Waals surface area (Å²) in [5, 5.41) is 9.86. The number of carbonyl (C=O) groups is 1. The number of benzene rings is 1. The van der Waals surface area contributed by atoms with Crippen molar-refractivity contribution in [2.24, 2.45) is 0 Å². The third-order valence-electron chi connectivity index (χ3n) is 2.06. The Balaban J connectivity index is 2.21. The van der Waals surface area contributed by atoms with Gasteiger partial charge in [-0.25, -0.2) is 4.39 Å². The van der Waals surface area contributed by atoms with Crippen LogP contribution in [0, 0.1) is 5.82 Å². The molecule has 0 atom stereocenters. The zero-order chi connectivity index (χ0) is 11.5. The Hall–Kier alpha value is -1.75. The quantitative estimate of drug-likeness (QED) is 0.834. The van der Waals surface area contributed by atoms with E-state index < -0.39 is 5.82 Å². The first-order valence-electron chi connectivity index (χ1n) is 4.49. The van der Waals surface area contributed by atoms with Crippen molar-refractivity contribution in [2.75, 3.05) is 0 Å². The van der Waals surface area contributed by atoms with Gasteiger partial charge in [-0.05, 0) is 23.8 Å². The van der Waals surface area contributed by atoms with Gasteiger partial charge in [-0.15, -0.1) is 0 Å². The fourth-order valence-electron chi connectivity index (χ4n) is 1.28. The fraction of sp³-hybridized carbons (Fsp3) is 0.100. The summed E-state index contributed by atoms with van der Waals surface area (Å²) in [7, 11) is 0. The molecule has 0 aliphatic carbocycles. The summed E-state index contributed by atoms with van der Waals surface area (Å²) in [6.07, 6.45) is 1.32. The molecule has 6 heteroatoms. The lowest BCUT2D eigenvalue weighted by Gasteiger charge is -2.01. The van der Waals surface area contributed by atoms with Crippen molar-refractivity contribution < 1.29 is 9.18 Å². The SMILES string of the molecule is O=C(Cc1cc(F)ccc1Cl)c1cn[nH]n1. The van der Waals surface area contributed by atoms with Crippen molar-refractivity contribution in [3.05, 3.63) is 46.5 Å². The maximum absolute atomic E-state index is 12.9. The van der Waals surface area contributed by atoms with Gasteiger partial charge in [0, 0.05) is 11.4 Å². The Morgan fingerprint density at radius 2 is 2.31 bits per heavy atom. The van der Waals surface area contributed by atoms with Crippen LogP contribution in [0.2, 0.25) is 5.02 Å². The molecule has 1 aromatic heterocycles. The maximum Gasteiger partial charge on any atom is 0.189 e. The van der Waals surface area contributed by atoms with Gasteiger partial charge in [0.25, 0.3) is 0 Å². The number of ketones is 1. The lowest BCUT2D eigenvalue weighted by molar-refractivity contribution is 0.0988. The van der Waals surface area contributed by atoms with E-state index in [1.54, 1.807) is 0 Å². The number of hydrogen-bond acceptors (Lipinski definition) is 3. The van der Waals surface area contributed by atoms with E-state index in [9.17, 15) is 9.18 Å². The van der Waals surface area contributed by atoms with Crippen LogP contribution in [-0.2, 0) is 6.42 Å². The molecule has 82 valence electrons. The molecule has 0 aliphatic rings. The second-order valence-corrected chi connectivity index (χ2v) is 3.60. The third kappa shape index (κ3) is 2.25. The fourth-order valence-corrected chi connectivity index (χ4v) is 1.46. The van der Waals surface area contributed by atoms with Gasteiger partial charge in [-0.3, -0.25) is 4.79 Å². The van der Waals surface area contributed by atoms with Crippen molar-refractivity contribution in [3.8, 4) is 0 Å². The second kappa shape index (κ2) is 4.40.